The van der Waals surface area contributed by atoms with Gasteiger partial charge in [-0.2, -0.15) is 0 Å². The Morgan fingerprint density at radius 3 is 2.68 bits per heavy atom. The van der Waals surface area contributed by atoms with Crippen LogP contribution >= 0.6 is 0 Å². The highest BCUT2D eigenvalue weighted by Crippen LogP contribution is 2.27. The van der Waals surface area contributed by atoms with Gasteiger partial charge in [0.25, 0.3) is 5.91 Å². The summed E-state index contributed by atoms with van der Waals surface area (Å²) in [5, 5.41) is 0. The second-order valence-corrected chi connectivity index (χ2v) is 6.69. The molecule has 0 bridgehead atoms. The van der Waals surface area contributed by atoms with E-state index in [2.05, 4.69) is 15.0 Å². The number of imidazole rings is 1. The molecule has 130 valence electrons. The summed E-state index contributed by atoms with van der Waals surface area (Å²) >= 11 is 0. The number of fused-ring (bicyclic) bond motifs is 1. The fraction of sp³-hybridized carbons (Fsp3) is 0.389. The third kappa shape index (κ3) is 2.75. The van der Waals surface area contributed by atoms with Crippen LogP contribution in [0.25, 0.3) is 5.52 Å². The monoisotopic (exact) mass is 339 g/mol. The number of nitrogens with one attached hydrogen (secondary N) is 2. The van der Waals surface area contributed by atoms with Crippen LogP contribution in [-0.4, -0.2) is 43.2 Å². The van der Waals surface area contributed by atoms with E-state index in [0.717, 1.165) is 35.6 Å². The number of likely N-dealkylation sites (tertiary alicyclic amines) is 1. The van der Waals surface area contributed by atoms with Gasteiger partial charge in [0.1, 0.15) is 11.5 Å². The summed E-state index contributed by atoms with van der Waals surface area (Å²) in [6.45, 7) is 5.35. The molecule has 1 aliphatic rings. The number of hydrogen-bond donors (Lipinski definition) is 2. The number of piperidine rings is 1. The van der Waals surface area contributed by atoms with Gasteiger partial charge in [-0.15, -0.1) is 0 Å². The molecule has 0 spiro atoms. The lowest BCUT2D eigenvalue weighted by Gasteiger charge is -2.31. The molecule has 3 aromatic rings. The fourth-order valence-corrected chi connectivity index (χ4v) is 3.47. The van der Waals surface area contributed by atoms with Gasteiger partial charge in [0.15, 0.2) is 0 Å². The quantitative estimate of drug-likeness (QED) is 0.748. The zero-order valence-corrected chi connectivity index (χ0v) is 14.4. The molecule has 1 fully saturated rings. The number of aryl methyl sites for hydroxylation is 2. The maximum atomic E-state index is 12.7. The van der Waals surface area contributed by atoms with E-state index < -0.39 is 0 Å². The topological polar surface area (TPSA) is 86.3 Å². The minimum absolute atomic E-state index is 0.119. The second-order valence-electron chi connectivity index (χ2n) is 6.69. The minimum atomic E-state index is -0.290. The molecule has 0 aliphatic carbocycles. The first kappa shape index (κ1) is 15.7. The molecule has 0 saturated carbocycles. The first-order valence-corrected chi connectivity index (χ1v) is 8.55. The van der Waals surface area contributed by atoms with Crippen LogP contribution in [0, 0.1) is 13.8 Å². The molecule has 7 heteroatoms. The lowest BCUT2D eigenvalue weighted by molar-refractivity contribution is 0.0705. The van der Waals surface area contributed by atoms with Crippen molar-refractivity contribution >= 4 is 11.4 Å². The summed E-state index contributed by atoms with van der Waals surface area (Å²) in [4.78, 5) is 37.2. The highest BCUT2D eigenvalue weighted by molar-refractivity contribution is 5.93. The molecular formula is C18H21N5O2. The highest BCUT2D eigenvalue weighted by Gasteiger charge is 2.27. The number of carbonyl (C=O) groups is 1. The average molecular weight is 339 g/mol. The Bertz CT molecular complexity index is 969. The molecule has 1 amide bonds. The Balaban J connectivity index is 1.49. The second kappa shape index (κ2) is 5.91. The van der Waals surface area contributed by atoms with E-state index in [9.17, 15) is 9.59 Å². The molecular weight excluding hydrogens is 318 g/mol. The number of aromatic amines is 2. The van der Waals surface area contributed by atoms with Crippen molar-refractivity contribution in [2.45, 2.75) is 32.6 Å². The predicted molar refractivity (Wildman–Crippen MR) is 94.0 cm³/mol. The Morgan fingerprint density at radius 2 is 2.00 bits per heavy atom. The fourth-order valence-electron chi connectivity index (χ4n) is 3.47. The molecule has 4 heterocycles. The Kier molecular flexibility index (Phi) is 3.71. The van der Waals surface area contributed by atoms with Crippen LogP contribution < -0.4 is 5.69 Å². The van der Waals surface area contributed by atoms with E-state index in [1.165, 1.54) is 4.40 Å². The first-order valence-electron chi connectivity index (χ1n) is 8.55. The Labute approximate surface area is 144 Å². The van der Waals surface area contributed by atoms with Gasteiger partial charge in [-0.05, 0) is 44.9 Å². The maximum Gasteiger partial charge on any atom is 0.330 e. The van der Waals surface area contributed by atoms with Gasteiger partial charge in [-0.25, -0.2) is 9.78 Å². The normalized spacial score (nSPS) is 15.8. The molecule has 7 nitrogen and oxygen atoms in total. The number of aromatic nitrogens is 4. The number of carbonyl (C=O) groups excluding carboxylic acids is 1. The summed E-state index contributed by atoms with van der Waals surface area (Å²) in [5.41, 5.74) is 2.92. The zero-order valence-electron chi connectivity index (χ0n) is 14.4. The smallest absolute Gasteiger partial charge is 0.330 e. The number of rotatable bonds is 2. The van der Waals surface area contributed by atoms with Crippen molar-refractivity contribution in [2.24, 2.45) is 0 Å². The third-order valence-electron chi connectivity index (χ3n) is 5.08. The average Bonchev–Trinajstić information content (AvgIpc) is 3.21. The molecule has 25 heavy (non-hydrogen) atoms. The van der Waals surface area contributed by atoms with E-state index in [4.69, 9.17) is 0 Å². The van der Waals surface area contributed by atoms with Crippen molar-refractivity contribution in [3.8, 4) is 0 Å². The summed E-state index contributed by atoms with van der Waals surface area (Å²) < 4.78 is 1.49. The summed E-state index contributed by atoms with van der Waals surface area (Å²) in [6.07, 6.45) is 3.42. The van der Waals surface area contributed by atoms with E-state index in [1.54, 1.807) is 18.3 Å². The number of hydrogen-bond acceptors (Lipinski definition) is 3. The van der Waals surface area contributed by atoms with Gasteiger partial charge in [-0.1, -0.05) is 0 Å². The molecule has 0 atom stereocenters. The molecule has 0 unspecified atom stereocenters. The van der Waals surface area contributed by atoms with Gasteiger partial charge >= 0.3 is 5.69 Å². The zero-order chi connectivity index (χ0) is 17.6. The van der Waals surface area contributed by atoms with Gasteiger partial charge in [0.05, 0.1) is 11.2 Å². The summed E-state index contributed by atoms with van der Waals surface area (Å²) in [5.74, 6) is 1.25. The van der Waals surface area contributed by atoms with Gasteiger partial charge in [-0.3, -0.25) is 9.20 Å². The van der Waals surface area contributed by atoms with Crippen molar-refractivity contribution in [1.29, 1.82) is 0 Å². The largest absolute Gasteiger partial charge is 0.346 e. The van der Waals surface area contributed by atoms with Crippen molar-refractivity contribution in [1.82, 2.24) is 24.3 Å². The van der Waals surface area contributed by atoms with Crippen molar-refractivity contribution < 1.29 is 4.79 Å². The SMILES string of the molecule is Cc1nc(C2CCN(C(=O)c3cc4cccn4c(=O)[nH]3)CC2)[nH]c1C. The molecule has 0 radical (unpaired) electrons. The van der Waals surface area contributed by atoms with Crippen LogP contribution in [0.5, 0.6) is 0 Å². The van der Waals surface area contributed by atoms with E-state index >= 15 is 0 Å². The van der Waals surface area contributed by atoms with E-state index in [0.29, 0.717) is 24.7 Å². The van der Waals surface area contributed by atoms with Crippen LogP contribution in [0.1, 0.15) is 46.5 Å². The standard InChI is InChI=1S/C18H21N5O2/c1-11-12(2)20-16(19-11)13-5-8-22(9-6-13)17(24)15-10-14-4-3-7-23(14)18(25)21-15/h3-4,7,10,13H,5-6,8-9H2,1-2H3,(H,19,20)(H,21,25). The Hall–Kier alpha value is -2.83. The molecule has 3 aromatic heterocycles. The van der Waals surface area contributed by atoms with Crippen molar-refractivity contribution in [3.63, 3.8) is 0 Å². The molecule has 1 saturated heterocycles. The van der Waals surface area contributed by atoms with Crippen LogP contribution in [0.3, 0.4) is 0 Å². The van der Waals surface area contributed by atoms with Gasteiger partial charge in [0.2, 0.25) is 0 Å². The lowest BCUT2D eigenvalue weighted by Crippen LogP contribution is -2.39. The number of nitrogens with zero attached hydrogens (tertiary/aromatic N) is 3. The highest BCUT2D eigenvalue weighted by atomic mass is 16.2. The third-order valence-corrected chi connectivity index (χ3v) is 5.08. The predicted octanol–water partition coefficient (Wildman–Crippen LogP) is 1.99. The molecule has 2 N–H and O–H groups in total. The van der Waals surface area contributed by atoms with Crippen molar-refractivity contribution in [3.05, 3.63) is 57.8 Å². The number of amides is 1. The summed E-state index contributed by atoms with van der Waals surface area (Å²) in [7, 11) is 0. The minimum Gasteiger partial charge on any atom is -0.346 e. The van der Waals surface area contributed by atoms with Crippen LogP contribution in [-0.2, 0) is 0 Å². The molecule has 1 aliphatic heterocycles. The van der Waals surface area contributed by atoms with Crippen LogP contribution in [0.15, 0.2) is 29.2 Å². The van der Waals surface area contributed by atoms with Crippen molar-refractivity contribution in [2.75, 3.05) is 13.1 Å². The first-order chi connectivity index (χ1) is 12.0. The van der Waals surface area contributed by atoms with Crippen LogP contribution in [0.4, 0.5) is 0 Å². The lowest BCUT2D eigenvalue weighted by atomic mass is 9.96. The van der Waals surface area contributed by atoms with Gasteiger partial charge < -0.3 is 14.9 Å². The molecule has 0 aromatic carbocycles. The van der Waals surface area contributed by atoms with E-state index in [-0.39, 0.29) is 11.6 Å². The summed E-state index contributed by atoms with van der Waals surface area (Å²) in [6, 6.07) is 5.34. The Morgan fingerprint density at radius 1 is 1.24 bits per heavy atom. The number of H-pyrrole nitrogens is 2. The van der Waals surface area contributed by atoms with Gasteiger partial charge in [0, 0.05) is 30.9 Å². The van der Waals surface area contributed by atoms with E-state index in [1.807, 2.05) is 24.8 Å². The van der Waals surface area contributed by atoms with Crippen LogP contribution in [0.2, 0.25) is 0 Å². The molecule has 4 rings (SSSR count). The maximum absolute atomic E-state index is 12.7.